The molecular formula is C21H41NO4. The third kappa shape index (κ3) is 16.5. The number of ketones is 1. The first kappa shape index (κ1) is 25.1. The van der Waals surface area contributed by atoms with E-state index in [9.17, 15) is 9.59 Å². The van der Waals surface area contributed by atoms with E-state index in [4.69, 9.17) is 5.11 Å². The van der Waals surface area contributed by atoms with Crippen LogP contribution in [0.25, 0.3) is 0 Å². The summed E-state index contributed by atoms with van der Waals surface area (Å²) < 4.78 is 4.65. The van der Waals surface area contributed by atoms with Crippen LogP contribution in [0.15, 0.2) is 0 Å². The van der Waals surface area contributed by atoms with E-state index in [-0.39, 0.29) is 12.6 Å². The number of carbonyl (C=O) groups is 2. The van der Waals surface area contributed by atoms with Crippen LogP contribution in [0.1, 0.15) is 90.4 Å². The van der Waals surface area contributed by atoms with Gasteiger partial charge in [-0.3, -0.25) is 9.59 Å². The van der Waals surface area contributed by atoms with Crippen molar-refractivity contribution < 1.29 is 19.4 Å². The highest BCUT2D eigenvalue weighted by atomic mass is 16.5. The van der Waals surface area contributed by atoms with Crippen molar-refractivity contribution in [3.8, 4) is 0 Å². The first-order valence-electron chi connectivity index (χ1n) is 10.6. The molecule has 0 spiro atoms. The fourth-order valence-corrected chi connectivity index (χ4v) is 3.08. The zero-order valence-corrected chi connectivity index (χ0v) is 17.1. The number of aliphatic hydroxyl groups is 1. The van der Waals surface area contributed by atoms with Crippen molar-refractivity contribution in [3.63, 3.8) is 0 Å². The molecule has 0 unspecified atom stereocenters. The Labute approximate surface area is 160 Å². The standard InChI is InChI=1S/C21H41NO4/c1-3-13-20(24)14-7-6-10-17-22(18-11-12-19-23)16-9-5-4-8-15-21(25)26-2/h23H,3-19H2,1-2H3. The average molecular weight is 372 g/mol. The van der Waals surface area contributed by atoms with E-state index >= 15 is 0 Å². The molecular weight excluding hydrogens is 330 g/mol. The summed E-state index contributed by atoms with van der Waals surface area (Å²) in [6.07, 6.45) is 12.4. The Balaban J connectivity index is 3.82. The maximum atomic E-state index is 11.5. The first-order valence-corrected chi connectivity index (χ1v) is 10.6. The number of rotatable bonds is 19. The minimum atomic E-state index is -0.118. The molecule has 0 aromatic rings. The van der Waals surface area contributed by atoms with Gasteiger partial charge in [0.2, 0.25) is 0 Å². The number of unbranched alkanes of at least 4 members (excludes halogenated alkanes) is 6. The van der Waals surface area contributed by atoms with E-state index in [1.807, 2.05) is 0 Å². The van der Waals surface area contributed by atoms with Crippen molar-refractivity contribution in [2.24, 2.45) is 0 Å². The molecule has 0 aromatic carbocycles. The molecule has 0 aromatic heterocycles. The van der Waals surface area contributed by atoms with Gasteiger partial charge in [-0.1, -0.05) is 26.2 Å². The lowest BCUT2D eigenvalue weighted by atomic mass is 10.1. The van der Waals surface area contributed by atoms with E-state index in [0.29, 0.717) is 12.2 Å². The van der Waals surface area contributed by atoms with Gasteiger partial charge in [-0.15, -0.1) is 0 Å². The predicted octanol–water partition coefficient (Wildman–Crippen LogP) is 4.11. The van der Waals surface area contributed by atoms with Gasteiger partial charge in [-0.25, -0.2) is 0 Å². The van der Waals surface area contributed by atoms with Crippen LogP contribution in [0.5, 0.6) is 0 Å². The summed E-state index contributed by atoms with van der Waals surface area (Å²) in [6, 6.07) is 0. The van der Waals surface area contributed by atoms with Gasteiger partial charge in [-0.2, -0.15) is 0 Å². The summed E-state index contributed by atoms with van der Waals surface area (Å²) in [5.41, 5.74) is 0. The number of methoxy groups -OCH3 is 1. The number of hydrogen-bond donors (Lipinski definition) is 1. The van der Waals surface area contributed by atoms with Crippen LogP contribution < -0.4 is 0 Å². The van der Waals surface area contributed by atoms with Crippen LogP contribution in [0.2, 0.25) is 0 Å². The lowest BCUT2D eigenvalue weighted by Gasteiger charge is -2.22. The maximum absolute atomic E-state index is 11.5. The van der Waals surface area contributed by atoms with Gasteiger partial charge >= 0.3 is 5.97 Å². The summed E-state index contributed by atoms with van der Waals surface area (Å²) in [4.78, 5) is 25.1. The molecule has 0 heterocycles. The molecule has 5 nitrogen and oxygen atoms in total. The van der Waals surface area contributed by atoms with Crippen molar-refractivity contribution in [3.05, 3.63) is 0 Å². The Morgan fingerprint density at radius 3 is 1.88 bits per heavy atom. The molecule has 26 heavy (non-hydrogen) atoms. The molecule has 0 amide bonds. The summed E-state index contributed by atoms with van der Waals surface area (Å²) in [5.74, 6) is 0.285. The smallest absolute Gasteiger partial charge is 0.305 e. The summed E-state index contributed by atoms with van der Waals surface area (Å²) in [6.45, 7) is 5.52. The van der Waals surface area contributed by atoms with Gasteiger partial charge in [0.25, 0.3) is 0 Å². The van der Waals surface area contributed by atoms with Crippen molar-refractivity contribution in [2.45, 2.75) is 90.4 Å². The molecule has 0 radical (unpaired) electrons. The number of aliphatic hydroxyl groups excluding tert-OH is 1. The molecule has 0 aliphatic carbocycles. The molecule has 1 N–H and O–H groups in total. The zero-order chi connectivity index (χ0) is 19.5. The molecule has 0 fully saturated rings. The molecule has 0 saturated heterocycles. The third-order valence-corrected chi connectivity index (χ3v) is 4.67. The van der Waals surface area contributed by atoms with Crippen molar-refractivity contribution in [2.75, 3.05) is 33.4 Å². The zero-order valence-electron chi connectivity index (χ0n) is 17.1. The highest BCUT2D eigenvalue weighted by Crippen LogP contribution is 2.09. The van der Waals surface area contributed by atoms with Crippen LogP contribution in [0.3, 0.4) is 0 Å². The monoisotopic (exact) mass is 371 g/mol. The van der Waals surface area contributed by atoms with Crippen LogP contribution in [0.4, 0.5) is 0 Å². The second kappa shape index (κ2) is 18.8. The third-order valence-electron chi connectivity index (χ3n) is 4.67. The van der Waals surface area contributed by atoms with Gasteiger partial charge in [0, 0.05) is 25.9 Å². The number of nitrogens with zero attached hydrogens (tertiary/aromatic N) is 1. The van der Waals surface area contributed by atoms with Crippen LogP contribution in [0, 0.1) is 0 Å². The Bertz CT molecular complexity index is 347. The second-order valence-corrected chi connectivity index (χ2v) is 7.11. The summed E-state index contributed by atoms with van der Waals surface area (Å²) in [5, 5.41) is 8.97. The molecule has 5 heteroatoms. The van der Waals surface area contributed by atoms with Gasteiger partial charge in [-0.05, 0) is 64.6 Å². The number of hydrogen-bond acceptors (Lipinski definition) is 5. The fraction of sp³-hybridized carbons (Fsp3) is 0.905. The number of carbonyl (C=O) groups excluding carboxylic acids is 2. The molecule has 0 atom stereocenters. The fourth-order valence-electron chi connectivity index (χ4n) is 3.08. The minimum absolute atomic E-state index is 0.118. The van der Waals surface area contributed by atoms with E-state index in [2.05, 4.69) is 16.6 Å². The predicted molar refractivity (Wildman–Crippen MR) is 106 cm³/mol. The molecule has 0 saturated carbocycles. The van der Waals surface area contributed by atoms with Crippen molar-refractivity contribution in [1.29, 1.82) is 0 Å². The molecule has 0 bridgehead atoms. The molecule has 0 aliphatic rings. The van der Waals surface area contributed by atoms with E-state index in [1.165, 1.54) is 7.11 Å². The molecule has 0 aliphatic heterocycles. The van der Waals surface area contributed by atoms with Crippen LogP contribution >= 0.6 is 0 Å². The largest absolute Gasteiger partial charge is 0.469 e. The quantitative estimate of drug-likeness (QED) is 0.273. The SMILES string of the molecule is CCCC(=O)CCCCCN(CCCCO)CCCCCCC(=O)OC. The Morgan fingerprint density at radius 2 is 1.31 bits per heavy atom. The van der Waals surface area contributed by atoms with E-state index in [0.717, 1.165) is 96.7 Å². The lowest BCUT2D eigenvalue weighted by Crippen LogP contribution is -2.27. The van der Waals surface area contributed by atoms with Gasteiger partial charge in [0.05, 0.1) is 7.11 Å². The number of ether oxygens (including phenoxy) is 1. The minimum Gasteiger partial charge on any atom is -0.469 e. The lowest BCUT2D eigenvalue weighted by molar-refractivity contribution is -0.140. The van der Waals surface area contributed by atoms with Crippen molar-refractivity contribution >= 4 is 11.8 Å². The first-order chi connectivity index (χ1) is 12.6. The average Bonchev–Trinajstić information content (AvgIpc) is 2.63. The molecule has 154 valence electrons. The normalized spacial score (nSPS) is 11.1. The van der Waals surface area contributed by atoms with Gasteiger partial charge in [0.1, 0.15) is 5.78 Å². The molecule has 0 rings (SSSR count). The summed E-state index contributed by atoms with van der Waals surface area (Å²) in [7, 11) is 1.44. The summed E-state index contributed by atoms with van der Waals surface area (Å²) >= 11 is 0. The maximum Gasteiger partial charge on any atom is 0.305 e. The highest BCUT2D eigenvalue weighted by molar-refractivity contribution is 5.78. The second-order valence-electron chi connectivity index (χ2n) is 7.11. The van der Waals surface area contributed by atoms with Crippen LogP contribution in [-0.4, -0.2) is 55.1 Å². The topological polar surface area (TPSA) is 66.8 Å². The number of Topliss-reactive ketones (excluding diaryl/α,β-unsaturated/α-hetero) is 1. The Morgan fingerprint density at radius 1 is 0.769 bits per heavy atom. The number of esters is 1. The highest BCUT2D eigenvalue weighted by Gasteiger charge is 2.06. The van der Waals surface area contributed by atoms with Crippen LogP contribution in [-0.2, 0) is 14.3 Å². The van der Waals surface area contributed by atoms with Crippen molar-refractivity contribution in [1.82, 2.24) is 4.90 Å². The Kier molecular flexibility index (Phi) is 18.2. The Hall–Kier alpha value is -0.940. The van der Waals surface area contributed by atoms with Gasteiger partial charge < -0.3 is 14.7 Å². The van der Waals surface area contributed by atoms with Gasteiger partial charge in [0.15, 0.2) is 0 Å². The van der Waals surface area contributed by atoms with E-state index < -0.39 is 0 Å². The van der Waals surface area contributed by atoms with E-state index in [1.54, 1.807) is 0 Å².